The molecule has 1 aliphatic rings. The third-order valence-corrected chi connectivity index (χ3v) is 5.89. The maximum atomic E-state index is 13.2. The van der Waals surface area contributed by atoms with Crippen LogP contribution in [0.3, 0.4) is 0 Å². The lowest BCUT2D eigenvalue weighted by molar-refractivity contribution is -0.140. The standard InChI is InChI=1S/C27H34N2O4/c1-17(2)33-14-8-13-29-23(19-9-7-12-28-16-19)22(25(31)26(29)32)24(30)21-15-20(27(4,5)6)11-10-18(21)3/h7,9-12,15-17,23,30H,8,13-14H2,1-6H3/b24-22+. The summed E-state index contributed by atoms with van der Waals surface area (Å²) in [4.78, 5) is 31.9. The first kappa shape index (κ1) is 24.6. The van der Waals surface area contributed by atoms with Crippen molar-refractivity contribution in [3.05, 3.63) is 70.6 Å². The van der Waals surface area contributed by atoms with Crippen molar-refractivity contribution in [1.29, 1.82) is 0 Å². The lowest BCUT2D eigenvalue weighted by Gasteiger charge is -2.25. The molecule has 2 aromatic rings. The minimum atomic E-state index is -0.699. The number of ether oxygens (including phenoxy) is 1. The van der Waals surface area contributed by atoms with Crippen molar-refractivity contribution in [3.63, 3.8) is 0 Å². The molecule has 1 fully saturated rings. The molecule has 0 radical (unpaired) electrons. The zero-order chi connectivity index (χ0) is 24.3. The van der Waals surface area contributed by atoms with Crippen LogP contribution in [0, 0.1) is 6.92 Å². The van der Waals surface area contributed by atoms with Crippen LogP contribution in [0.2, 0.25) is 0 Å². The van der Waals surface area contributed by atoms with E-state index in [1.807, 2.05) is 45.0 Å². The molecule has 1 aromatic heterocycles. The molecule has 0 saturated carbocycles. The molecule has 0 bridgehead atoms. The summed E-state index contributed by atoms with van der Waals surface area (Å²) < 4.78 is 5.61. The van der Waals surface area contributed by atoms with Crippen LogP contribution in [-0.2, 0) is 19.7 Å². The monoisotopic (exact) mass is 450 g/mol. The molecule has 176 valence electrons. The second kappa shape index (κ2) is 9.87. The molecule has 0 aliphatic carbocycles. The van der Waals surface area contributed by atoms with Gasteiger partial charge in [0.25, 0.3) is 11.7 Å². The third kappa shape index (κ3) is 5.33. The van der Waals surface area contributed by atoms with Crippen molar-refractivity contribution in [2.45, 2.75) is 65.5 Å². The summed E-state index contributed by atoms with van der Waals surface area (Å²) in [5.74, 6) is -1.43. The number of aryl methyl sites for hydroxylation is 1. The molecule has 33 heavy (non-hydrogen) atoms. The fraction of sp³-hybridized carbons (Fsp3) is 0.444. The Hall–Kier alpha value is -2.99. The molecule has 1 amide bonds. The summed E-state index contributed by atoms with van der Waals surface area (Å²) in [5.41, 5.74) is 3.10. The number of aliphatic hydroxyl groups excluding tert-OH is 1. The largest absolute Gasteiger partial charge is 0.507 e. The van der Waals surface area contributed by atoms with Crippen molar-refractivity contribution in [2.24, 2.45) is 0 Å². The van der Waals surface area contributed by atoms with E-state index in [1.54, 1.807) is 18.5 Å². The first-order chi connectivity index (χ1) is 15.5. The number of aliphatic hydroxyl groups is 1. The molecule has 3 rings (SSSR count). The van der Waals surface area contributed by atoms with E-state index < -0.39 is 17.7 Å². The van der Waals surface area contributed by atoms with Crippen LogP contribution in [0.5, 0.6) is 0 Å². The minimum absolute atomic E-state index is 0.0904. The third-order valence-electron chi connectivity index (χ3n) is 5.89. The molecule has 1 unspecified atom stereocenters. The highest BCUT2D eigenvalue weighted by atomic mass is 16.5. The second-order valence-corrected chi connectivity index (χ2v) is 9.83. The number of hydrogen-bond donors (Lipinski definition) is 1. The summed E-state index contributed by atoms with van der Waals surface area (Å²) >= 11 is 0. The molecular weight excluding hydrogens is 416 g/mol. The minimum Gasteiger partial charge on any atom is -0.507 e. The van der Waals surface area contributed by atoms with Crippen LogP contribution in [0.4, 0.5) is 0 Å². The fourth-order valence-corrected chi connectivity index (χ4v) is 4.04. The SMILES string of the molecule is Cc1ccc(C(C)(C)C)cc1/C(O)=C1\C(=O)C(=O)N(CCCOC(C)C)C1c1cccnc1. The van der Waals surface area contributed by atoms with Gasteiger partial charge in [0.1, 0.15) is 5.76 Å². The molecule has 1 N–H and O–H groups in total. The molecule has 1 aliphatic heterocycles. The Morgan fingerprint density at radius 2 is 1.94 bits per heavy atom. The molecule has 1 atom stereocenters. The van der Waals surface area contributed by atoms with Crippen molar-refractivity contribution < 1.29 is 19.4 Å². The van der Waals surface area contributed by atoms with Gasteiger partial charge in [-0.1, -0.05) is 39.0 Å². The zero-order valence-electron chi connectivity index (χ0n) is 20.4. The fourth-order valence-electron chi connectivity index (χ4n) is 4.04. The number of amides is 1. The van der Waals surface area contributed by atoms with Gasteiger partial charge in [-0.25, -0.2) is 0 Å². The number of rotatable bonds is 7. The highest BCUT2D eigenvalue weighted by molar-refractivity contribution is 6.46. The van der Waals surface area contributed by atoms with Gasteiger partial charge in [0.2, 0.25) is 0 Å². The molecule has 6 nitrogen and oxygen atoms in total. The van der Waals surface area contributed by atoms with E-state index in [0.29, 0.717) is 30.7 Å². The van der Waals surface area contributed by atoms with Crippen LogP contribution in [0.25, 0.3) is 5.76 Å². The maximum Gasteiger partial charge on any atom is 0.295 e. The number of benzene rings is 1. The molecule has 2 heterocycles. The smallest absolute Gasteiger partial charge is 0.295 e. The van der Waals surface area contributed by atoms with Gasteiger partial charge in [0.05, 0.1) is 17.7 Å². The van der Waals surface area contributed by atoms with E-state index in [1.165, 1.54) is 4.90 Å². The van der Waals surface area contributed by atoms with Crippen molar-refractivity contribution >= 4 is 17.4 Å². The van der Waals surface area contributed by atoms with Crippen molar-refractivity contribution in [3.8, 4) is 0 Å². The number of hydrogen-bond acceptors (Lipinski definition) is 5. The Morgan fingerprint density at radius 1 is 1.21 bits per heavy atom. The molecule has 0 spiro atoms. The van der Waals surface area contributed by atoms with E-state index >= 15 is 0 Å². The predicted molar refractivity (Wildman–Crippen MR) is 129 cm³/mol. The Labute approximate surface area is 196 Å². The Bertz CT molecular complexity index is 1050. The van der Waals surface area contributed by atoms with Crippen LogP contribution < -0.4 is 0 Å². The van der Waals surface area contributed by atoms with Gasteiger partial charge in [-0.3, -0.25) is 14.6 Å². The quantitative estimate of drug-likeness (QED) is 0.280. The van der Waals surface area contributed by atoms with Crippen molar-refractivity contribution in [1.82, 2.24) is 9.88 Å². The van der Waals surface area contributed by atoms with Crippen LogP contribution >= 0.6 is 0 Å². The van der Waals surface area contributed by atoms with Gasteiger partial charge in [-0.15, -0.1) is 0 Å². The predicted octanol–water partition coefficient (Wildman–Crippen LogP) is 4.92. The van der Waals surface area contributed by atoms with Gasteiger partial charge in [-0.2, -0.15) is 0 Å². The average molecular weight is 451 g/mol. The van der Waals surface area contributed by atoms with Crippen LogP contribution in [0.1, 0.15) is 69.3 Å². The topological polar surface area (TPSA) is 79.7 Å². The Morgan fingerprint density at radius 3 is 2.55 bits per heavy atom. The number of pyridine rings is 1. The van der Waals surface area contributed by atoms with Gasteiger partial charge in [0, 0.05) is 31.1 Å². The molecule has 6 heteroatoms. The Balaban J connectivity index is 2.09. The van der Waals surface area contributed by atoms with Gasteiger partial charge in [0.15, 0.2) is 0 Å². The molecular formula is C27H34N2O4. The van der Waals surface area contributed by atoms with Crippen LogP contribution in [-0.4, -0.2) is 45.9 Å². The van der Waals surface area contributed by atoms with E-state index in [0.717, 1.165) is 11.1 Å². The van der Waals surface area contributed by atoms with E-state index in [-0.39, 0.29) is 22.9 Å². The average Bonchev–Trinajstić information content (AvgIpc) is 3.01. The normalized spacial score (nSPS) is 18.4. The zero-order valence-corrected chi connectivity index (χ0v) is 20.4. The lowest BCUT2D eigenvalue weighted by atomic mass is 9.84. The summed E-state index contributed by atoms with van der Waals surface area (Å²) in [7, 11) is 0. The number of nitrogens with zero attached hydrogens (tertiary/aromatic N) is 2. The van der Waals surface area contributed by atoms with Gasteiger partial charge < -0.3 is 14.7 Å². The lowest BCUT2D eigenvalue weighted by Crippen LogP contribution is -2.31. The number of carbonyl (C=O) groups excluding carboxylic acids is 2. The maximum absolute atomic E-state index is 13.2. The summed E-state index contributed by atoms with van der Waals surface area (Å²) in [6.07, 6.45) is 3.95. The summed E-state index contributed by atoms with van der Waals surface area (Å²) in [6, 6.07) is 8.77. The number of ketones is 1. The molecule has 1 aromatic carbocycles. The van der Waals surface area contributed by atoms with Crippen molar-refractivity contribution in [2.75, 3.05) is 13.2 Å². The van der Waals surface area contributed by atoms with Gasteiger partial charge in [-0.05, 0) is 61.4 Å². The number of aromatic nitrogens is 1. The van der Waals surface area contributed by atoms with Crippen LogP contribution in [0.15, 0.2) is 48.3 Å². The van der Waals surface area contributed by atoms with E-state index in [9.17, 15) is 14.7 Å². The summed E-state index contributed by atoms with van der Waals surface area (Å²) in [5, 5.41) is 11.4. The first-order valence-corrected chi connectivity index (χ1v) is 11.4. The number of Topliss-reactive ketones (excluding diaryl/α,β-unsaturated/α-hetero) is 1. The van der Waals surface area contributed by atoms with E-state index in [2.05, 4.69) is 25.8 Å². The highest BCUT2D eigenvalue weighted by Gasteiger charge is 2.46. The van der Waals surface area contributed by atoms with Gasteiger partial charge >= 0.3 is 0 Å². The second-order valence-electron chi connectivity index (χ2n) is 9.83. The first-order valence-electron chi connectivity index (χ1n) is 11.4. The summed E-state index contributed by atoms with van der Waals surface area (Å²) in [6.45, 7) is 12.9. The molecule has 1 saturated heterocycles. The van der Waals surface area contributed by atoms with E-state index in [4.69, 9.17) is 4.74 Å². The number of likely N-dealkylation sites (tertiary alicyclic amines) is 1. The highest BCUT2D eigenvalue weighted by Crippen LogP contribution is 2.40. The Kier molecular flexibility index (Phi) is 7.38. The number of carbonyl (C=O) groups is 2.